The van der Waals surface area contributed by atoms with Gasteiger partial charge >= 0.3 is 5.97 Å². The largest absolute Gasteiger partial charge is 0.466 e. The van der Waals surface area contributed by atoms with E-state index in [0.717, 1.165) is 51.4 Å². The number of ether oxygens (including phenoxy) is 1. The Hall–Kier alpha value is -1.66. The van der Waals surface area contributed by atoms with Crippen LogP contribution in [0.5, 0.6) is 0 Å². The van der Waals surface area contributed by atoms with Crippen molar-refractivity contribution in [2.45, 2.75) is 418 Å². The highest BCUT2D eigenvalue weighted by molar-refractivity contribution is 5.76. The van der Waals surface area contributed by atoms with Crippen LogP contribution in [0.15, 0.2) is 24.3 Å². The standard InChI is InChI=1S/C73H141NO5/c1-3-5-7-9-11-13-15-17-19-34-38-41-45-49-53-57-61-65-71(76)70(69-75)74-72(77)66-62-58-54-50-46-42-39-35-32-30-28-26-24-22-20-21-23-25-27-29-31-33-36-40-44-48-52-56-60-64-68-79-73(78)67-63-59-55-51-47-43-37-18-16-14-12-10-8-6-4-2/h12,14,18,37,70-71,75-76H,3-11,13,15-17,19-36,38-69H2,1-2H3,(H,74,77)/b14-12-,37-18-. The fraction of sp³-hybridized carbons (Fsp3) is 0.918. The third kappa shape index (κ3) is 65.4. The first-order valence-electron chi connectivity index (χ1n) is 36.1. The minimum absolute atomic E-state index is 0.00674. The Balaban J connectivity index is 3.33. The molecular formula is C73H141NO5. The van der Waals surface area contributed by atoms with Crippen LogP contribution in [0.4, 0.5) is 0 Å². The van der Waals surface area contributed by atoms with Gasteiger partial charge in [-0.1, -0.05) is 359 Å². The molecule has 6 heteroatoms. The lowest BCUT2D eigenvalue weighted by Crippen LogP contribution is -2.45. The lowest BCUT2D eigenvalue weighted by Gasteiger charge is -2.22. The Morgan fingerprint density at radius 3 is 0.987 bits per heavy atom. The van der Waals surface area contributed by atoms with Crippen LogP contribution in [0.25, 0.3) is 0 Å². The van der Waals surface area contributed by atoms with Gasteiger partial charge < -0.3 is 20.3 Å². The van der Waals surface area contributed by atoms with Crippen LogP contribution < -0.4 is 5.32 Å². The fourth-order valence-corrected chi connectivity index (χ4v) is 11.5. The molecule has 0 heterocycles. The molecule has 0 aliphatic carbocycles. The van der Waals surface area contributed by atoms with Crippen LogP contribution in [0, 0.1) is 0 Å². The molecular weight excluding hydrogens is 971 g/mol. The van der Waals surface area contributed by atoms with Gasteiger partial charge in [-0.3, -0.25) is 9.59 Å². The number of aliphatic hydroxyl groups excluding tert-OH is 2. The molecule has 0 saturated heterocycles. The number of amides is 1. The van der Waals surface area contributed by atoms with Gasteiger partial charge in [0.25, 0.3) is 0 Å². The molecule has 468 valence electrons. The maximum Gasteiger partial charge on any atom is 0.305 e. The van der Waals surface area contributed by atoms with Gasteiger partial charge in [0.05, 0.1) is 25.4 Å². The molecule has 0 aromatic rings. The highest BCUT2D eigenvalue weighted by Gasteiger charge is 2.20. The minimum atomic E-state index is -0.661. The SMILES string of the molecule is CCCCC/C=C\C/C=C\CCCCCCCC(=O)OCCCCCCCCCCCCCCCCCCCCCCCCCCCCCCCCC(=O)NC(CO)C(O)CCCCCCCCCCCCCCCCCCC. The first-order valence-corrected chi connectivity index (χ1v) is 36.1. The molecule has 3 N–H and O–H groups in total. The maximum atomic E-state index is 12.5. The number of esters is 1. The number of rotatable bonds is 68. The summed E-state index contributed by atoms with van der Waals surface area (Å²) in [6.45, 7) is 4.96. The van der Waals surface area contributed by atoms with E-state index in [2.05, 4.69) is 43.5 Å². The van der Waals surface area contributed by atoms with Gasteiger partial charge in [0.1, 0.15) is 0 Å². The van der Waals surface area contributed by atoms with Crippen LogP contribution in [0.1, 0.15) is 406 Å². The van der Waals surface area contributed by atoms with Crippen LogP contribution >= 0.6 is 0 Å². The number of unbranched alkanes of at least 4 members (excludes halogenated alkanes) is 53. The van der Waals surface area contributed by atoms with E-state index in [9.17, 15) is 19.8 Å². The van der Waals surface area contributed by atoms with Gasteiger partial charge in [-0.15, -0.1) is 0 Å². The molecule has 0 bridgehead atoms. The molecule has 0 spiro atoms. The van der Waals surface area contributed by atoms with Crippen LogP contribution in [-0.4, -0.2) is 47.4 Å². The topological polar surface area (TPSA) is 95.9 Å². The van der Waals surface area contributed by atoms with Gasteiger partial charge in [0, 0.05) is 12.8 Å². The van der Waals surface area contributed by atoms with E-state index in [-0.39, 0.29) is 18.5 Å². The minimum Gasteiger partial charge on any atom is -0.466 e. The van der Waals surface area contributed by atoms with Crippen LogP contribution in [0.2, 0.25) is 0 Å². The summed E-state index contributed by atoms with van der Waals surface area (Å²) in [6.07, 6.45) is 86.6. The smallest absolute Gasteiger partial charge is 0.305 e. The van der Waals surface area contributed by atoms with Crippen molar-refractivity contribution in [2.75, 3.05) is 13.2 Å². The van der Waals surface area contributed by atoms with Crippen molar-refractivity contribution in [1.82, 2.24) is 5.32 Å². The first kappa shape index (κ1) is 77.3. The Labute approximate surface area is 494 Å². The van der Waals surface area contributed by atoms with Crippen molar-refractivity contribution < 1.29 is 24.5 Å². The van der Waals surface area contributed by atoms with Gasteiger partial charge in [-0.05, 0) is 57.8 Å². The van der Waals surface area contributed by atoms with Crippen molar-refractivity contribution in [3.05, 3.63) is 24.3 Å². The molecule has 0 rings (SSSR count). The fourth-order valence-electron chi connectivity index (χ4n) is 11.5. The van der Waals surface area contributed by atoms with Crippen molar-refractivity contribution in [1.29, 1.82) is 0 Å². The van der Waals surface area contributed by atoms with Gasteiger partial charge in [-0.2, -0.15) is 0 Å². The average molecular weight is 1110 g/mol. The van der Waals surface area contributed by atoms with E-state index < -0.39 is 12.1 Å². The zero-order valence-corrected chi connectivity index (χ0v) is 53.6. The van der Waals surface area contributed by atoms with Crippen LogP contribution in [0.3, 0.4) is 0 Å². The zero-order chi connectivity index (χ0) is 57.1. The number of aliphatic hydroxyl groups is 2. The van der Waals surface area contributed by atoms with E-state index in [1.165, 1.54) is 321 Å². The van der Waals surface area contributed by atoms with Crippen LogP contribution in [-0.2, 0) is 14.3 Å². The van der Waals surface area contributed by atoms with Crippen molar-refractivity contribution in [3.8, 4) is 0 Å². The summed E-state index contributed by atoms with van der Waals surface area (Å²) >= 11 is 0. The van der Waals surface area contributed by atoms with Gasteiger partial charge in [-0.25, -0.2) is 0 Å². The molecule has 0 aromatic heterocycles. The normalized spacial score (nSPS) is 12.6. The Morgan fingerprint density at radius 1 is 0.354 bits per heavy atom. The number of nitrogens with one attached hydrogen (secondary N) is 1. The molecule has 6 nitrogen and oxygen atoms in total. The summed E-state index contributed by atoms with van der Waals surface area (Å²) in [7, 11) is 0. The number of carbonyl (C=O) groups excluding carboxylic acids is 2. The van der Waals surface area contributed by atoms with E-state index in [4.69, 9.17) is 4.74 Å². The Morgan fingerprint density at radius 2 is 0.633 bits per heavy atom. The van der Waals surface area contributed by atoms with Crippen molar-refractivity contribution >= 4 is 11.9 Å². The monoisotopic (exact) mass is 1110 g/mol. The average Bonchev–Trinajstić information content (AvgIpc) is 3.45. The molecule has 0 radical (unpaired) electrons. The molecule has 0 aromatic carbocycles. The number of hydrogen-bond donors (Lipinski definition) is 3. The second-order valence-electron chi connectivity index (χ2n) is 24.9. The van der Waals surface area contributed by atoms with Crippen molar-refractivity contribution in [3.63, 3.8) is 0 Å². The van der Waals surface area contributed by atoms with E-state index in [0.29, 0.717) is 25.9 Å². The van der Waals surface area contributed by atoms with E-state index >= 15 is 0 Å². The highest BCUT2D eigenvalue weighted by atomic mass is 16.5. The predicted molar refractivity (Wildman–Crippen MR) is 347 cm³/mol. The van der Waals surface area contributed by atoms with E-state index in [1.54, 1.807) is 0 Å². The van der Waals surface area contributed by atoms with E-state index in [1.807, 2.05) is 0 Å². The molecule has 2 atom stereocenters. The molecule has 0 aliphatic heterocycles. The summed E-state index contributed by atoms with van der Waals surface area (Å²) in [4.78, 5) is 24.6. The quantitative estimate of drug-likeness (QED) is 0.0320. The first-order chi connectivity index (χ1) is 39.0. The maximum absolute atomic E-state index is 12.5. The summed E-state index contributed by atoms with van der Waals surface area (Å²) < 4.78 is 5.49. The summed E-state index contributed by atoms with van der Waals surface area (Å²) in [5.74, 6) is -0.0206. The third-order valence-corrected chi connectivity index (χ3v) is 17.0. The Kier molecular flexibility index (Phi) is 67.4. The second-order valence-corrected chi connectivity index (χ2v) is 24.9. The molecule has 1 amide bonds. The lowest BCUT2D eigenvalue weighted by molar-refractivity contribution is -0.143. The van der Waals surface area contributed by atoms with Crippen molar-refractivity contribution in [2.24, 2.45) is 0 Å². The van der Waals surface area contributed by atoms with Gasteiger partial charge in [0.15, 0.2) is 0 Å². The highest BCUT2D eigenvalue weighted by Crippen LogP contribution is 2.19. The zero-order valence-electron chi connectivity index (χ0n) is 53.6. The number of allylic oxidation sites excluding steroid dienone is 4. The molecule has 2 unspecified atom stereocenters. The lowest BCUT2D eigenvalue weighted by atomic mass is 10.0. The third-order valence-electron chi connectivity index (χ3n) is 17.0. The molecule has 0 fully saturated rings. The molecule has 0 aliphatic rings. The second kappa shape index (κ2) is 68.8. The number of hydrogen-bond acceptors (Lipinski definition) is 5. The summed E-state index contributed by atoms with van der Waals surface area (Å²) in [6, 6.07) is -0.538. The molecule has 0 saturated carbocycles. The Bertz CT molecular complexity index is 1230. The molecule has 79 heavy (non-hydrogen) atoms. The van der Waals surface area contributed by atoms with Gasteiger partial charge in [0.2, 0.25) is 5.91 Å². The summed E-state index contributed by atoms with van der Waals surface area (Å²) in [5.41, 5.74) is 0. The number of carbonyl (C=O) groups is 2. The predicted octanol–water partition coefficient (Wildman–Crippen LogP) is 23.3. The summed E-state index contributed by atoms with van der Waals surface area (Å²) in [5, 5.41) is 23.4.